The SMILES string of the molecule is C[C@H]1[C@@H](NC(=O)[C@@H](C)Sc2nnc(N)s2)CCC[C@@H]1C. The molecule has 1 aromatic heterocycles. The first-order valence-electron chi connectivity index (χ1n) is 7.03. The molecule has 1 aromatic rings. The van der Waals surface area contributed by atoms with Crippen LogP contribution in [0.15, 0.2) is 4.34 Å². The van der Waals surface area contributed by atoms with Crippen LogP contribution in [0.2, 0.25) is 0 Å². The number of nitrogen functional groups attached to an aromatic ring is 1. The maximum absolute atomic E-state index is 12.3. The molecule has 2 rings (SSSR count). The first kappa shape index (κ1) is 15.6. The number of thioether (sulfide) groups is 1. The van der Waals surface area contributed by atoms with Crippen LogP contribution in [0, 0.1) is 11.8 Å². The summed E-state index contributed by atoms with van der Waals surface area (Å²) >= 11 is 2.73. The molecule has 1 saturated carbocycles. The number of carbonyl (C=O) groups is 1. The van der Waals surface area contributed by atoms with Gasteiger partial charge < -0.3 is 11.1 Å². The number of carbonyl (C=O) groups excluding carboxylic acids is 1. The Kier molecular flexibility index (Phi) is 5.26. The lowest BCUT2D eigenvalue weighted by molar-refractivity contribution is -0.121. The Labute approximate surface area is 128 Å². The predicted molar refractivity (Wildman–Crippen MR) is 83.8 cm³/mol. The summed E-state index contributed by atoms with van der Waals surface area (Å²) in [4.78, 5) is 12.3. The van der Waals surface area contributed by atoms with Crippen molar-refractivity contribution < 1.29 is 4.79 Å². The van der Waals surface area contributed by atoms with Crippen molar-refractivity contribution in [3.63, 3.8) is 0 Å². The van der Waals surface area contributed by atoms with Crippen LogP contribution in [-0.4, -0.2) is 27.4 Å². The summed E-state index contributed by atoms with van der Waals surface area (Å²) in [5, 5.41) is 11.2. The van der Waals surface area contributed by atoms with E-state index in [4.69, 9.17) is 5.73 Å². The van der Waals surface area contributed by atoms with E-state index in [1.54, 1.807) is 0 Å². The number of amides is 1. The molecule has 4 atom stereocenters. The van der Waals surface area contributed by atoms with Crippen LogP contribution in [0.25, 0.3) is 0 Å². The van der Waals surface area contributed by atoms with Gasteiger partial charge in [-0.05, 0) is 25.2 Å². The van der Waals surface area contributed by atoms with Crippen molar-refractivity contribution in [2.45, 2.75) is 55.7 Å². The first-order chi connectivity index (χ1) is 9.47. The number of hydrogen-bond donors (Lipinski definition) is 2. The molecule has 3 N–H and O–H groups in total. The maximum atomic E-state index is 12.3. The molecule has 0 unspecified atom stereocenters. The molecule has 20 heavy (non-hydrogen) atoms. The minimum Gasteiger partial charge on any atom is -0.374 e. The van der Waals surface area contributed by atoms with Gasteiger partial charge in [-0.1, -0.05) is 49.8 Å². The van der Waals surface area contributed by atoms with Gasteiger partial charge in [0.25, 0.3) is 0 Å². The molecule has 0 radical (unpaired) electrons. The molecule has 1 aliphatic rings. The van der Waals surface area contributed by atoms with Crippen molar-refractivity contribution in [1.29, 1.82) is 0 Å². The van der Waals surface area contributed by atoms with Gasteiger partial charge in [-0.25, -0.2) is 0 Å². The van der Waals surface area contributed by atoms with Gasteiger partial charge in [0, 0.05) is 6.04 Å². The van der Waals surface area contributed by atoms with Crippen LogP contribution in [0.1, 0.15) is 40.0 Å². The lowest BCUT2D eigenvalue weighted by atomic mass is 9.78. The summed E-state index contributed by atoms with van der Waals surface area (Å²) in [6.07, 6.45) is 3.55. The second-order valence-electron chi connectivity index (χ2n) is 5.55. The minimum atomic E-state index is -0.174. The van der Waals surface area contributed by atoms with Crippen LogP contribution in [0.4, 0.5) is 5.13 Å². The van der Waals surface area contributed by atoms with Gasteiger partial charge in [0.05, 0.1) is 5.25 Å². The Balaban J connectivity index is 1.87. The number of anilines is 1. The van der Waals surface area contributed by atoms with Crippen LogP contribution in [0.3, 0.4) is 0 Å². The highest BCUT2D eigenvalue weighted by atomic mass is 32.2. The fourth-order valence-corrected chi connectivity index (χ4v) is 4.35. The number of nitrogens with two attached hydrogens (primary N) is 1. The third kappa shape index (κ3) is 3.85. The van der Waals surface area contributed by atoms with E-state index in [9.17, 15) is 4.79 Å². The van der Waals surface area contributed by atoms with Crippen molar-refractivity contribution in [1.82, 2.24) is 15.5 Å². The Hall–Kier alpha value is -0.820. The van der Waals surface area contributed by atoms with Gasteiger partial charge in [0.15, 0.2) is 4.34 Å². The Morgan fingerprint density at radius 1 is 1.45 bits per heavy atom. The Morgan fingerprint density at radius 2 is 2.20 bits per heavy atom. The number of rotatable bonds is 4. The predicted octanol–water partition coefficient (Wildman–Crippen LogP) is 2.54. The smallest absolute Gasteiger partial charge is 0.233 e. The summed E-state index contributed by atoms with van der Waals surface area (Å²) < 4.78 is 0.746. The standard InChI is InChI=1S/C13H22N4OS2/c1-7-5-4-6-10(8(7)2)15-11(18)9(3)19-13-17-16-12(14)20-13/h7-10H,4-6H2,1-3H3,(H2,14,16)(H,15,18)/t7-,8+,9+,10-/m0/s1. The lowest BCUT2D eigenvalue weighted by Gasteiger charge is -2.35. The van der Waals surface area contributed by atoms with Crippen molar-refractivity contribution >= 4 is 34.1 Å². The molecule has 1 heterocycles. The molecular formula is C13H22N4OS2. The third-order valence-corrected chi connectivity index (χ3v) is 6.04. The van der Waals surface area contributed by atoms with E-state index in [1.165, 1.54) is 35.9 Å². The van der Waals surface area contributed by atoms with Crippen molar-refractivity contribution in [3.05, 3.63) is 0 Å². The summed E-state index contributed by atoms with van der Waals surface area (Å²) in [6, 6.07) is 0.300. The number of nitrogens with one attached hydrogen (secondary N) is 1. The van der Waals surface area contributed by atoms with Crippen molar-refractivity contribution in [3.8, 4) is 0 Å². The molecule has 5 nitrogen and oxygen atoms in total. The summed E-state index contributed by atoms with van der Waals surface area (Å²) in [6.45, 7) is 6.40. The topological polar surface area (TPSA) is 80.9 Å². The molecule has 0 spiro atoms. The Morgan fingerprint density at radius 3 is 2.85 bits per heavy atom. The van der Waals surface area contributed by atoms with Gasteiger partial charge in [-0.15, -0.1) is 10.2 Å². The summed E-state index contributed by atoms with van der Waals surface area (Å²) in [5.74, 6) is 1.30. The minimum absolute atomic E-state index is 0.0784. The van der Waals surface area contributed by atoms with Gasteiger partial charge in [-0.3, -0.25) is 4.79 Å². The Bertz CT molecular complexity index is 465. The average Bonchev–Trinajstić information content (AvgIpc) is 2.80. The molecule has 0 aliphatic heterocycles. The van der Waals surface area contributed by atoms with E-state index >= 15 is 0 Å². The second-order valence-corrected chi connectivity index (χ2v) is 8.15. The molecule has 1 fully saturated rings. The average molecular weight is 314 g/mol. The normalized spacial score (nSPS) is 28.1. The number of aromatic nitrogens is 2. The van der Waals surface area contributed by atoms with Crippen LogP contribution in [0.5, 0.6) is 0 Å². The van der Waals surface area contributed by atoms with E-state index < -0.39 is 0 Å². The summed E-state index contributed by atoms with van der Waals surface area (Å²) in [7, 11) is 0. The molecule has 0 saturated heterocycles. The molecule has 112 valence electrons. The third-order valence-electron chi connectivity index (χ3n) is 4.10. The molecular weight excluding hydrogens is 292 g/mol. The lowest BCUT2D eigenvalue weighted by Crippen LogP contribution is -2.46. The fourth-order valence-electron chi connectivity index (χ4n) is 2.56. The zero-order valence-electron chi connectivity index (χ0n) is 12.1. The molecule has 0 bridgehead atoms. The van der Waals surface area contributed by atoms with Crippen molar-refractivity contribution in [2.24, 2.45) is 11.8 Å². The monoisotopic (exact) mass is 314 g/mol. The molecule has 1 amide bonds. The number of nitrogens with zero attached hydrogens (tertiary/aromatic N) is 2. The second kappa shape index (κ2) is 6.76. The highest BCUT2D eigenvalue weighted by molar-refractivity contribution is 8.02. The van der Waals surface area contributed by atoms with Crippen LogP contribution >= 0.6 is 23.1 Å². The zero-order chi connectivity index (χ0) is 14.7. The highest BCUT2D eigenvalue weighted by Gasteiger charge is 2.29. The van der Waals surface area contributed by atoms with E-state index in [0.717, 1.165) is 10.8 Å². The molecule has 0 aromatic carbocycles. The van der Waals surface area contributed by atoms with Crippen LogP contribution in [-0.2, 0) is 4.79 Å². The largest absolute Gasteiger partial charge is 0.374 e. The molecule has 7 heteroatoms. The van der Waals surface area contributed by atoms with Crippen LogP contribution < -0.4 is 11.1 Å². The molecule has 1 aliphatic carbocycles. The number of hydrogen-bond acceptors (Lipinski definition) is 6. The van der Waals surface area contributed by atoms with Crippen molar-refractivity contribution in [2.75, 3.05) is 5.73 Å². The maximum Gasteiger partial charge on any atom is 0.233 e. The van der Waals surface area contributed by atoms with Gasteiger partial charge in [-0.2, -0.15) is 0 Å². The highest BCUT2D eigenvalue weighted by Crippen LogP contribution is 2.31. The van der Waals surface area contributed by atoms with E-state index in [2.05, 4.69) is 29.4 Å². The fraction of sp³-hybridized carbons (Fsp3) is 0.769. The first-order valence-corrected chi connectivity index (χ1v) is 8.73. The summed E-state index contributed by atoms with van der Waals surface area (Å²) in [5.41, 5.74) is 5.54. The van der Waals surface area contributed by atoms with E-state index in [-0.39, 0.29) is 11.2 Å². The van der Waals surface area contributed by atoms with Gasteiger partial charge in [0.2, 0.25) is 11.0 Å². The van der Waals surface area contributed by atoms with E-state index in [0.29, 0.717) is 23.0 Å². The van der Waals surface area contributed by atoms with Gasteiger partial charge in [0.1, 0.15) is 0 Å². The quantitative estimate of drug-likeness (QED) is 0.835. The van der Waals surface area contributed by atoms with Gasteiger partial charge >= 0.3 is 0 Å². The zero-order valence-corrected chi connectivity index (χ0v) is 13.8. The van der Waals surface area contributed by atoms with E-state index in [1.807, 2.05) is 6.92 Å².